The molecule has 1 aromatic carbocycles. The molecule has 4 nitrogen and oxygen atoms in total. The van der Waals surface area contributed by atoms with E-state index in [4.69, 9.17) is 10.5 Å². The van der Waals surface area contributed by atoms with Crippen LogP contribution < -0.4 is 11.1 Å². The molecule has 3 N–H and O–H groups in total. The number of nitrogens with zero attached hydrogens (tertiary/aromatic N) is 1. The monoisotopic (exact) mass is 267 g/mol. The Morgan fingerprint density at radius 3 is 2.67 bits per heavy atom. The minimum atomic E-state index is 0.164. The molecular weight excluding hydrogens is 246 g/mol. The van der Waals surface area contributed by atoms with Crippen LogP contribution in [0, 0.1) is 0 Å². The molecule has 18 heavy (non-hydrogen) atoms. The van der Waals surface area contributed by atoms with E-state index in [9.17, 15) is 0 Å². The Hall–Kier alpha value is -1.20. The van der Waals surface area contributed by atoms with E-state index in [1.54, 1.807) is 18.9 Å². The summed E-state index contributed by atoms with van der Waals surface area (Å²) < 4.78 is 5.02. The molecule has 0 fully saturated rings. The number of ether oxygens (including phenoxy) is 1. The smallest absolute Gasteiger partial charge is 0.189 e. The van der Waals surface area contributed by atoms with Crippen molar-refractivity contribution in [3.8, 4) is 0 Å². The molecule has 0 spiro atoms. The van der Waals surface area contributed by atoms with E-state index in [2.05, 4.69) is 40.8 Å². The molecule has 1 aromatic rings. The second-order valence-corrected chi connectivity index (χ2v) is 4.93. The first-order valence-electron chi connectivity index (χ1n) is 5.84. The summed E-state index contributed by atoms with van der Waals surface area (Å²) in [6.07, 6.45) is 2.06. The SMILES string of the molecule is COCC(C)NC(N)=NCc1ccc(SC)cc1. The summed E-state index contributed by atoms with van der Waals surface area (Å²) >= 11 is 1.73. The third-order valence-electron chi connectivity index (χ3n) is 2.40. The molecule has 0 aliphatic carbocycles. The summed E-state index contributed by atoms with van der Waals surface area (Å²) in [6.45, 7) is 3.20. The van der Waals surface area contributed by atoms with Crippen LogP contribution in [0.4, 0.5) is 0 Å². The first kappa shape index (κ1) is 14.9. The van der Waals surface area contributed by atoms with Gasteiger partial charge in [-0.3, -0.25) is 0 Å². The van der Waals surface area contributed by atoms with Crippen molar-refractivity contribution in [1.29, 1.82) is 0 Å². The van der Waals surface area contributed by atoms with Gasteiger partial charge in [-0.15, -0.1) is 11.8 Å². The highest BCUT2D eigenvalue weighted by atomic mass is 32.2. The molecular formula is C13H21N3OS. The van der Waals surface area contributed by atoms with Gasteiger partial charge < -0.3 is 15.8 Å². The third-order valence-corrected chi connectivity index (χ3v) is 3.15. The van der Waals surface area contributed by atoms with Crippen LogP contribution in [-0.4, -0.2) is 32.0 Å². The lowest BCUT2D eigenvalue weighted by atomic mass is 10.2. The molecule has 1 atom stereocenters. The maximum Gasteiger partial charge on any atom is 0.189 e. The molecule has 5 heteroatoms. The highest BCUT2D eigenvalue weighted by molar-refractivity contribution is 7.98. The van der Waals surface area contributed by atoms with Gasteiger partial charge in [-0.1, -0.05) is 12.1 Å². The number of benzene rings is 1. The third kappa shape index (κ3) is 5.42. The summed E-state index contributed by atoms with van der Waals surface area (Å²) in [5.41, 5.74) is 6.94. The van der Waals surface area contributed by atoms with Crippen molar-refractivity contribution in [3.63, 3.8) is 0 Å². The van der Waals surface area contributed by atoms with Crippen molar-refractivity contribution < 1.29 is 4.74 Å². The maximum absolute atomic E-state index is 5.79. The zero-order valence-corrected chi connectivity index (χ0v) is 12.0. The van der Waals surface area contributed by atoms with Gasteiger partial charge in [-0.25, -0.2) is 4.99 Å². The van der Waals surface area contributed by atoms with Gasteiger partial charge in [0.25, 0.3) is 0 Å². The van der Waals surface area contributed by atoms with Gasteiger partial charge in [-0.2, -0.15) is 0 Å². The molecule has 100 valence electrons. The summed E-state index contributed by atoms with van der Waals surface area (Å²) in [7, 11) is 1.67. The van der Waals surface area contributed by atoms with Gasteiger partial charge in [0.1, 0.15) is 0 Å². The fourth-order valence-electron chi connectivity index (χ4n) is 1.50. The summed E-state index contributed by atoms with van der Waals surface area (Å²) in [6, 6.07) is 8.49. The van der Waals surface area contributed by atoms with E-state index in [0.717, 1.165) is 5.56 Å². The normalized spacial score (nSPS) is 13.4. The highest BCUT2D eigenvalue weighted by Crippen LogP contribution is 2.15. The molecule has 0 saturated carbocycles. The largest absolute Gasteiger partial charge is 0.383 e. The number of hydrogen-bond donors (Lipinski definition) is 2. The lowest BCUT2D eigenvalue weighted by Gasteiger charge is -2.13. The van der Waals surface area contributed by atoms with Crippen molar-refractivity contribution >= 4 is 17.7 Å². The van der Waals surface area contributed by atoms with Gasteiger partial charge in [0.2, 0.25) is 0 Å². The number of aliphatic imine (C=N–C) groups is 1. The summed E-state index contributed by atoms with van der Waals surface area (Å²) in [4.78, 5) is 5.55. The zero-order chi connectivity index (χ0) is 13.4. The van der Waals surface area contributed by atoms with E-state index in [-0.39, 0.29) is 6.04 Å². The van der Waals surface area contributed by atoms with Crippen LogP contribution in [-0.2, 0) is 11.3 Å². The molecule has 0 aliphatic heterocycles. The number of methoxy groups -OCH3 is 1. The Labute approximate surface area is 113 Å². The van der Waals surface area contributed by atoms with Crippen LogP contribution in [0.1, 0.15) is 12.5 Å². The van der Waals surface area contributed by atoms with E-state index in [1.165, 1.54) is 4.90 Å². The highest BCUT2D eigenvalue weighted by Gasteiger charge is 2.01. The predicted molar refractivity (Wildman–Crippen MR) is 78.0 cm³/mol. The molecule has 0 aliphatic rings. The van der Waals surface area contributed by atoms with Gasteiger partial charge in [-0.05, 0) is 30.9 Å². The zero-order valence-electron chi connectivity index (χ0n) is 11.1. The van der Waals surface area contributed by atoms with Gasteiger partial charge in [0, 0.05) is 18.0 Å². The average Bonchev–Trinajstić information content (AvgIpc) is 2.37. The minimum Gasteiger partial charge on any atom is -0.383 e. The molecule has 0 amide bonds. The second-order valence-electron chi connectivity index (χ2n) is 4.05. The first-order valence-corrected chi connectivity index (χ1v) is 7.06. The molecule has 0 saturated heterocycles. The molecule has 0 bridgehead atoms. The Bertz CT molecular complexity index is 378. The van der Waals surface area contributed by atoms with Crippen molar-refractivity contribution in [2.45, 2.75) is 24.4 Å². The summed E-state index contributed by atoms with van der Waals surface area (Å²) in [5.74, 6) is 0.452. The van der Waals surface area contributed by atoms with E-state index >= 15 is 0 Å². The Kier molecular flexibility index (Phi) is 6.60. The van der Waals surface area contributed by atoms with Crippen LogP contribution in [0.25, 0.3) is 0 Å². The van der Waals surface area contributed by atoms with Crippen LogP contribution in [0.5, 0.6) is 0 Å². The lowest BCUT2D eigenvalue weighted by molar-refractivity contribution is 0.179. The number of nitrogens with two attached hydrogens (primary N) is 1. The van der Waals surface area contributed by atoms with Crippen molar-refractivity contribution in [3.05, 3.63) is 29.8 Å². The van der Waals surface area contributed by atoms with E-state index < -0.39 is 0 Å². The number of hydrogen-bond acceptors (Lipinski definition) is 3. The van der Waals surface area contributed by atoms with E-state index in [0.29, 0.717) is 19.1 Å². The number of guanidine groups is 1. The molecule has 0 radical (unpaired) electrons. The second kappa shape index (κ2) is 8.00. The van der Waals surface area contributed by atoms with E-state index in [1.807, 2.05) is 6.92 Å². The fourth-order valence-corrected chi connectivity index (χ4v) is 1.91. The molecule has 0 heterocycles. The van der Waals surface area contributed by atoms with Crippen molar-refractivity contribution in [1.82, 2.24) is 5.32 Å². The predicted octanol–water partition coefficient (Wildman–Crippen LogP) is 1.85. The standard InChI is InChI=1S/C13H21N3OS/c1-10(9-17-2)16-13(14)15-8-11-4-6-12(18-3)7-5-11/h4-7,10H,8-9H2,1-3H3,(H3,14,15,16). The Morgan fingerprint density at radius 2 is 2.11 bits per heavy atom. The number of nitrogens with one attached hydrogen (secondary N) is 1. The van der Waals surface area contributed by atoms with Gasteiger partial charge >= 0.3 is 0 Å². The number of thioether (sulfide) groups is 1. The fraction of sp³-hybridized carbons (Fsp3) is 0.462. The quantitative estimate of drug-likeness (QED) is 0.469. The minimum absolute atomic E-state index is 0.164. The molecule has 1 unspecified atom stereocenters. The molecule has 1 rings (SSSR count). The van der Waals surface area contributed by atoms with Gasteiger partial charge in [0.15, 0.2) is 5.96 Å². The molecule has 0 aromatic heterocycles. The van der Waals surface area contributed by atoms with Crippen LogP contribution in [0.3, 0.4) is 0 Å². The average molecular weight is 267 g/mol. The van der Waals surface area contributed by atoms with Crippen molar-refractivity contribution in [2.24, 2.45) is 10.7 Å². The number of rotatable bonds is 6. The first-order chi connectivity index (χ1) is 8.65. The lowest BCUT2D eigenvalue weighted by Crippen LogP contribution is -2.40. The topological polar surface area (TPSA) is 59.6 Å². The van der Waals surface area contributed by atoms with Crippen LogP contribution in [0.15, 0.2) is 34.2 Å². The van der Waals surface area contributed by atoms with Gasteiger partial charge in [0.05, 0.1) is 13.2 Å². The van der Waals surface area contributed by atoms with Crippen LogP contribution in [0.2, 0.25) is 0 Å². The Morgan fingerprint density at radius 1 is 1.44 bits per heavy atom. The Balaban J connectivity index is 2.46. The van der Waals surface area contributed by atoms with Crippen molar-refractivity contribution in [2.75, 3.05) is 20.0 Å². The summed E-state index contributed by atoms with van der Waals surface area (Å²) in [5, 5.41) is 3.07. The van der Waals surface area contributed by atoms with Crippen LogP contribution >= 0.6 is 11.8 Å². The maximum atomic E-state index is 5.79.